The van der Waals surface area contributed by atoms with Gasteiger partial charge in [0.25, 0.3) is 0 Å². The lowest BCUT2D eigenvalue weighted by atomic mass is 10.1. The number of nitrogens with zero attached hydrogens (tertiary/aromatic N) is 2. The number of guanidine groups is 1. The fourth-order valence-electron chi connectivity index (χ4n) is 3.16. The summed E-state index contributed by atoms with van der Waals surface area (Å²) < 4.78 is 11.2. The second-order valence-electron chi connectivity index (χ2n) is 6.79. The number of likely N-dealkylation sites (tertiary alicyclic amines) is 1. The smallest absolute Gasteiger partial charge is 0.194 e. The Bertz CT molecular complexity index is 775. The number of methoxy groups -OCH3 is 1. The summed E-state index contributed by atoms with van der Waals surface area (Å²) in [6.45, 7) is 5.15. The van der Waals surface area contributed by atoms with E-state index in [0.717, 1.165) is 49.7 Å². The van der Waals surface area contributed by atoms with E-state index in [1.807, 2.05) is 48.5 Å². The summed E-state index contributed by atoms with van der Waals surface area (Å²) in [5.74, 6) is 3.06. The number of aliphatic hydroxyl groups is 1. The van der Waals surface area contributed by atoms with Crippen molar-refractivity contribution >= 4 is 29.9 Å². The Morgan fingerprint density at radius 2 is 1.76 bits per heavy atom. The molecule has 1 aliphatic heterocycles. The molecule has 2 N–H and O–H groups in total. The van der Waals surface area contributed by atoms with Crippen LogP contribution in [0.3, 0.4) is 0 Å². The van der Waals surface area contributed by atoms with Crippen LogP contribution in [0.4, 0.5) is 0 Å². The van der Waals surface area contributed by atoms with Gasteiger partial charge in [0.15, 0.2) is 17.5 Å². The van der Waals surface area contributed by atoms with E-state index in [1.165, 1.54) is 0 Å². The molecule has 0 spiro atoms. The summed E-state index contributed by atoms with van der Waals surface area (Å²) in [6.07, 6.45) is 1.40. The fourth-order valence-corrected chi connectivity index (χ4v) is 3.16. The van der Waals surface area contributed by atoms with E-state index in [9.17, 15) is 5.11 Å². The van der Waals surface area contributed by atoms with Gasteiger partial charge in [0, 0.05) is 19.6 Å². The number of piperidine rings is 1. The van der Waals surface area contributed by atoms with Gasteiger partial charge in [-0.25, -0.2) is 4.99 Å². The first-order chi connectivity index (χ1) is 13.7. The number of ether oxygens (including phenoxy) is 2. The summed E-state index contributed by atoms with van der Waals surface area (Å²) in [5, 5.41) is 13.1. The lowest BCUT2D eigenvalue weighted by molar-refractivity contribution is 0.108. The molecule has 2 aromatic carbocycles. The summed E-state index contributed by atoms with van der Waals surface area (Å²) in [7, 11) is 1.63. The SMILES string of the molecule is CCNC(=NCc1ccc(Oc2ccccc2OC)cc1)N1CCC(O)CC1.I. The zero-order valence-electron chi connectivity index (χ0n) is 17.0. The topological polar surface area (TPSA) is 66.3 Å². The summed E-state index contributed by atoms with van der Waals surface area (Å²) in [4.78, 5) is 6.98. The number of hydrogen-bond donors (Lipinski definition) is 2. The number of halogens is 1. The molecule has 0 saturated carbocycles. The van der Waals surface area contributed by atoms with Crippen LogP contribution in [0.1, 0.15) is 25.3 Å². The van der Waals surface area contributed by atoms with Crippen molar-refractivity contribution in [3.8, 4) is 17.2 Å². The van der Waals surface area contributed by atoms with Gasteiger partial charge < -0.3 is 24.8 Å². The molecular formula is C22H30IN3O3. The number of hydrogen-bond acceptors (Lipinski definition) is 4. The van der Waals surface area contributed by atoms with Crippen LogP contribution >= 0.6 is 24.0 Å². The Kier molecular flexibility index (Phi) is 9.53. The fraction of sp³-hybridized carbons (Fsp3) is 0.409. The molecule has 0 aliphatic carbocycles. The summed E-state index contributed by atoms with van der Waals surface area (Å²) >= 11 is 0. The van der Waals surface area contributed by atoms with Crippen molar-refractivity contribution in [1.29, 1.82) is 0 Å². The molecule has 3 rings (SSSR count). The summed E-state index contributed by atoms with van der Waals surface area (Å²) in [5.41, 5.74) is 1.11. The lowest BCUT2D eigenvalue weighted by Gasteiger charge is -2.32. The molecule has 0 unspecified atom stereocenters. The first-order valence-corrected chi connectivity index (χ1v) is 9.80. The van der Waals surface area contributed by atoms with Crippen molar-refractivity contribution in [2.75, 3.05) is 26.7 Å². The van der Waals surface area contributed by atoms with Gasteiger partial charge in [-0.05, 0) is 49.6 Å². The van der Waals surface area contributed by atoms with E-state index >= 15 is 0 Å². The third-order valence-electron chi connectivity index (χ3n) is 4.73. The standard InChI is InChI=1S/C22H29N3O3.HI/c1-3-23-22(25-14-12-18(26)13-15-25)24-16-17-8-10-19(11-9-17)28-21-7-5-4-6-20(21)27-2;/h4-11,18,26H,3,12-16H2,1-2H3,(H,23,24);1H. The van der Waals surface area contributed by atoms with Gasteiger partial charge in [0.1, 0.15) is 5.75 Å². The van der Waals surface area contributed by atoms with Crippen LogP contribution in [0.25, 0.3) is 0 Å². The largest absolute Gasteiger partial charge is 0.493 e. The predicted molar refractivity (Wildman–Crippen MR) is 127 cm³/mol. The van der Waals surface area contributed by atoms with Gasteiger partial charge >= 0.3 is 0 Å². The molecule has 0 radical (unpaired) electrons. The van der Waals surface area contributed by atoms with E-state index < -0.39 is 0 Å². The predicted octanol–water partition coefficient (Wildman–Crippen LogP) is 4.03. The van der Waals surface area contributed by atoms with Gasteiger partial charge in [-0.3, -0.25) is 0 Å². The van der Waals surface area contributed by atoms with E-state index in [4.69, 9.17) is 14.5 Å². The molecule has 0 aromatic heterocycles. The second kappa shape index (κ2) is 11.9. The van der Waals surface area contributed by atoms with Crippen LogP contribution in [-0.4, -0.2) is 48.8 Å². The molecule has 1 fully saturated rings. The molecule has 29 heavy (non-hydrogen) atoms. The zero-order chi connectivity index (χ0) is 19.8. The minimum Gasteiger partial charge on any atom is -0.493 e. The highest BCUT2D eigenvalue weighted by molar-refractivity contribution is 14.0. The van der Waals surface area contributed by atoms with Gasteiger partial charge in [-0.15, -0.1) is 24.0 Å². The number of aliphatic hydroxyl groups excluding tert-OH is 1. The van der Waals surface area contributed by atoms with Crippen molar-refractivity contribution in [1.82, 2.24) is 10.2 Å². The van der Waals surface area contributed by atoms with Gasteiger partial charge in [-0.1, -0.05) is 24.3 Å². The number of para-hydroxylation sites is 2. The Labute approximate surface area is 190 Å². The molecule has 158 valence electrons. The van der Waals surface area contributed by atoms with Gasteiger partial charge in [0.05, 0.1) is 19.8 Å². The Balaban J connectivity index is 0.00000300. The maximum absolute atomic E-state index is 9.70. The van der Waals surface area contributed by atoms with Crippen molar-refractivity contribution in [3.05, 3.63) is 54.1 Å². The second-order valence-corrected chi connectivity index (χ2v) is 6.79. The maximum Gasteiger partial charge on any atom is 0.194 e. The molecule has 0 bridgehead atoms. The first-order valence-electron chi connectivity index (χ1n) is 9.80. The maximum atomic E-state index is 9.70. The Morgan fingerprint density at radius 1 is 1.10 bits per heavy atom. The highest BCUT2D eigenvalue weighted by Crippen LogP contribution is 2.30. The minimum absolute atomic E-state index is 0. The van der Waals surface area contributed by atoms with Crippen molar-refractivity contribution in [2.45, 2.75) is 32.4 Å². The quantitative estimate of drug-likeness (QED) is 0.349. The molecule has 1 heterocycles. The lowest BCUT2D eigenvalue weighted by Crippen LogP contribution is -2.46. The van der Waals surface area contributed by atoms with Crippen LogP contribution in [-0.2, 0) is 6.54 Å². The van der Waals surface area contributed by atoms with Crippen LogP contribution < -0.4 is 14.8 Å². The van der Waals surface area contributed by atoms with Crippen LogP contribution in [0.5, 0.6) is 17.2 Å². The number of rotatable bonds is 6. The first kappa shape index (κ1) is 23.3. The molecule has 0 amide bonds. The number of benzene rings is 2. The molecule has 7 heteroatoms. The van der Waals surface area contributed by atoms with E-state index in [0.29, 0.717) is 18.0 Å². The molecule has 2 aromatic rings. The van der Waals surface area contributed by atoms with Crippen molar-refractivity contribution in [2.24, 2.45) is 4.99 Å². The highest BCUT2D eigenvalue weighted by atomic mass is 127. The van der Waals surface area contributed by atoms with Crippen molar-refractivity contribution < 1.29 is 14.6 Å². The highest BCUT2D eigenvalue weighted by Gasteiger charge is 2.19. The normalized spacial score (nSPS) is 14.9. The van der Waals surface area contributed by atoms with Crippen molar-refractivity contribution in [3.63, 3.8) is 0 Å². The number of aliphatic imine (C=N–C) groups is 1. The van der Waals surface area contributed by atoms with E-state index in [2.05, 4.69) is 17.1 Å². The van der Waals surface area contributed by atoms with E-state index in [1.54, 1.807) is 7.11 Å². The average Bonchev–Trinajstić information content (AvgIpc) is 2.73. The third kappa shape index (κ3) is 6.78. The zero-order valence-corrected chi connectivity index (χ0v) is 19.3. The van der Waals surface area contributed by atoms with Crippen LogP contribution in [0, 0.1) is 0 Å². The third-order valence-corrected chi connectivity index (χ3v) is 4.73. The molecule has 0 atom stereocenters. The molecule has 1 aliphatic rings. The Morgan fingerprint density at radius 3 is 2.38 bits per heavy atom. The van der Waals surface area contributed by atoms with Gasteiger partial charge in [0.2, 0.25) is 0 Å². The number of nitrogens with one attached hydrogen (secondary N) is 1. The monoisotopic (exact) mass is 511 g/mol. The van der Waals surface area contributed by atoms with Gasteiger partial charge in [-0.2, -0.15) is 0 Å². The molecule has 1 saturated heterocycles. The van der Waals surface area contributed by atoms with Crippen LogP contribution in [0.2, 0.25) is 0 Å². The average molecular weight is 511 g/mol. The van der Waals surface area contributed by atoms with E-state index in [-0.39, 0.29) is 30.1 Å². The Hall–Kier alpha value is -2.00. The summed E-state index contributed by atoms with van der Waals surface area (Å²) in [6, 6.07) is 15.5. The molecule has 6 nitrogen and oxygen atoms in total. The van der Waals surface area contributed by atoms with Crippen LogP contribution in [0.15, 0.2) is 53.5 Å². The molecular weight excluding hydrogens is 481 g/mol. The minimum atomic E-state index is -0.185.